The summed E-state index contributed by atoms with van der Waals surface area (Å²) in [5.74, 6) is 1.76. The Kier molecular flexibility index (Phi) is 6.05. The Morgan fingerprint density at radius 2 is 2.04 bits per heavy atom. The van der Waals surface area contributed by atoms with E-state index in [2.05, 4.69) is 10.3 Å². The molecule has 1 aliphatic rings. The number of amides is 1. The maximum atomic E-state index is 11.8. The van der Waals surface area contributed by atoms with Crippen LogP contribution < -0.4 is 10.1 Å². The summed E-state index contributed by atoms with van der Waals surface area (Å²) in [6.45, 7) is 1.25. The van der Waals surface area contributed by atoms with Crippen LogP contribution in [0, 0.1) is 5.92 Å². The van der Waals surface area contributed by atoms with Gasteiger partial charge in [0.15, 0.2) is 0 Å². The molecule has 0 radical (unpaired) electrons. The zero-order valence-corrected chi connectivity index (χ0v) is 14.2. The predicted molar refractivity (Wildman–Crippen MR) is 96.1 cm³/mol. The summed E-state index contributed by atoms with van der Waals surface area (Å²) in [5.41, 5.74) is 0.889. The van der Waals surface area contributed by atoms with E-state index >= 15 is 0 Å². The molecular weight excluding hydrogens is 300 g/mol. The van der Waals surface area contributed by atoms with Crippen LogP contribution in [-0.2, 0) is 4.79 Å². The zero-order valence-electron chi connectivity index (χ0n) is 14.2. The second kappa shape index (κ2) is 8.67. The summed E-state index contributed by atoms with van der Waals surface area (Å²) >= 11 is 0. The molecule has 1 aromatic heterocycles. The van der Waals surface area contributed by atoms with Gasteiger partial charge in [-0.3, -0.25) is 9.78 Å². The molecule has 0 bridgehead atoms. The Morgan fingerprint density at radius 1 is 1.21 bits per heavy atom. The van der Waals surface area contributed by atoms with Gasteiger partial charge in [0.1, 0.15) is 11.3 Å². The number of rotatable bonds is 8. The molecular formula is C20H26N2O2. The minimum Gasteiger partial charge on any atom is -0.491 e. The van der Waals surface area contributed by atoms with Crippen molar-refractivity contribution in [1.29, 1.82) is 0 Å². The smallest absolute Gasteiger partial charge is 0.220 e. The summed E-state index contributed by atoms with van der Waals surface area (Å²) in [5, 5.41) is 4.07. The molecule has 4 nitrogen and oxygen atoms in total. The topological polar surface area (TPSA) is 51.2 Å². The van der Waals surface area contributed by atoms with Crippen LogP contribution in [0.25, 0.3) is 10.9 Å². The van der Waals surface area contributed by atoms with Gasteiger partial charge in [0.2, 0.25) is 5.91 Å². The fraction of sp³-hybridized carbons (Fsp3) is 0.500. The summed E-state index contributed by atoms with van der Waals surface area (Å²) in [6.07, 6.45) is 9.58. The number of hydrogen-bond acceptors (Lipinski definition) is 3. The van der Waals surface area contributed by atoms with E-state index in [1.165, 1.54) is 25.7 Å². The number of hydrogen-bond donors (Lipinski definition) is 1. The highest BCUT2D eigenvalue weighted by Gasteiger charge is 2.15. The molecule has 0 aliphatic heterocycles. The van der Waals surface area contributed by atoms with Crippen molar-refractivity contribution in [1.82, 2.24) is 10.3 Å². The van der Waals surface area contributed by atoms with Crippen molar-refractivity contribution in [2.75, 3.05) is 13.2 Å². The summed E-state index contributed by atoms with van der Waals surface area (Å²) < 4.78 is 5.83. The van der Waals surface area contributed by atoms with E-state index in [0.717, 1.165) is 35.4 Å². The first-order chi connectivity index (χ1) is 11.8. The van der Waals surface area contributed by atoms with Crippen LogP contribution in [0.2, 0.25) is 0 Å². The van der Waals surface area contributed by atoms with Crippen LogP contribution in [0.4, 0.5) is 0 Å². The third-order valence-corrected chi connectivity index (χ3v) is 4.75. The van der Waals surface area contributed by atoms with Crippen molar-refractivity contribution in [2.45, 2.75) is 44.9 Å². The highest BCUT2D eigenvalue weighted by molar-refractivity contribution is 5.84. The number of aromatic nitrogens is 1. The lowest BCUT2D eigenvalue weighted by molar-refractivity contribution is -0.121. The van der Waals surface area contributed by atoms with E-state index < -0.39 is 0 Å². The number of ether oxygens (including phenoxy) is 1. The van der Waals surface area contributed by atoms with Crippen LogP contribution >= 0.6 is 0 Å². The number of benzene rings is 1. The quantitative estimate of drug-likeness (QED) is 0.743. The average molecular weight is 326 g/mol. The predicted octanol–water partition coefficient (Wildman–Crippen LogP) is 4.09. The Bertz CT molecular complexity index is 660. The summed E-state index contributed by atoms with van der Waals surface area (Å²) in [4.78, 5) is 16.2. The van der Waals surface area contributed by atoms with Gasteiger partial charge in [0.25, 0.3) is 0 Å². The molecule has 0 unspecified atom stereocenters. The van der Waals surface area contributed by atoms with Crippen molar-refractivity contribution < 1.29 is 9.53 Å². The van der Waals surface area contributed by atoms with Crippen molar-refractivity contribution >= 4 is 16.8 Å². The fourth-order valence-corrected chi connectivity index (χ4v) is 3.40. The zero-order chi connectivity index (χ0) is 16.6. The lowest BCUT2D eigenvalue weighted by atomic mass is 10.0. The van der Waals surface area contributed by atoms with E-state index in [1.54, 1.807) is 6.20 Å². The molecule has 1 N–H and O–H groups in total. The Labute approximate surface area is 143 Å². The van der Waals surface area contributed by atoms with E-state index in [0.29, 0.717) is 19.6 Å². The van der Waals surface area contributed by atoms with Gasteiger partial charge in [-0.05, 0) is 30.9 Å². The van der Waals surface area contributed by atoms with Gasteiger partial charge in [0, 0.05) is 24.5 Å². The van der Waals surface area contributed by atoms with Gasteiger partial charge in [-0.15, -0.1) is 0 Å². The first kappa shape index (κ1) is 16.7. The average Bonchev–Trinajstić information content (AvgIpc) is 3.13. The van der Waals surface area contributed by atoms with Gasteiger partial charge in [-0.1, -0.05) is 43.9 Å². The van der Waals surface area contributed by atoms with E-state index in [-0.39, 0.29) is 5.91 Å². The fourth-order valence-electron chi connectivity index (χ4n) is 3.40. The third kappa shape index (κ3) is 4.70. The molecule has 1 aromatic carbocycles. The van der Waals surface area contributed by atoms with Gasteiger partial charge in [-0.2, -0.15) is 0 Å². The number of fused-ring (bicyclic) bond motifs is 1. The molecule has 0 spiro atoms. The van der Waals surface area contributed by atoms with E-state index in [4.69, 9.17) is 4.74 Å². The normalized spacial score (nSPS) is 14.8. The Hall–Kier alpha value is -2.10. The van der Waals surface area contributed by atoms with Crippen molar-refractivity contribution in [3.05, 3.63) is 36.5 Å². The molecule has 0 atom stereocenters. The van der Waals surface area contributed by atoms with Crippen LogP contribution in [0.1, 0.15) is 44.9 Å². The number of nitrogens with zero attached hydrogens (tertiary/aromatic N) is 1. The largest absolute Gasteiger partial charge is 0.491 e. The monoisotopic (exact) mass is 326 g/mol. The molecule has 0 saturated heterocycles. The molecule has 1 amide bonds. The number of carbonyl (C=O) groups is 1. The molecule has 2 aromatic rings. The third-order valence-electron chi connectivity index (χ3n) is 4.75. The van der Waals surface area contributed by atoms with E-state index in [9.17, 15) is 4.79 Å². The molecule has 128 valence electrons. The lowest BCUT2D eigenvalue weighted by Gasteiger charge is -2.10. The SMILES string of the molecule is O=C(CCC1CCCC1)NCCCOc1cccc2cccnc12. The van der Waals surface area contributed by atoms with Crippen LogP contribution in [0.15, 0.2) is 36.5 Å². The second-order valence-electron chi connectivity index (χ2n) is 6.57. The minimum absolute atomic E-state index is 0.175. The number of nitrogens with one attached hydrogen (secondary N) is 1. The highest BCUT2D eigenvalue weighted by atomic mass is 16.5. The van der Waals surface area contributed by atoms with Crippen molar-refractivity contribution in [2.24, 2.45) is 5.92 Å². The van der Waals surface area contributed by atoms with Gasteiger partial charge in [0.05, 0.1) is 6.61 Å². The van der Waals surface area contributed by atoms with Gasteiger partial charge < -0.3 is 10.1 Å². The second-order valence-corrected chi connectivity index (χ2v) is 6.57. The molecule has 4 heteroatoms. The van der Waals surface area contributed by atoms with Crippen LogP contribution in [0.3, 0.4) is 0 Å². The maximum absolute atomic E-state index is 11.8. The Balaban J connectivity index is 1.34. The lowest BCUT2D eigenvalue weighted by Crippen LogP contribution is -2.25. The van der Waals surface area contributed by atoms with Crippen molar-refractivity contribution in [3.63, 3.8) is 0 Å². The van der Waals surface area contributed by atoms with E-state index in [1.807, 2.05) is 30.3 Å². The van der Waals surface area contributed by atoms with Crippen LogP contribution in [0.5, 0.6) is 5.75 Å². The molecule has 3 rings (SSSR count). The molecule has 1 heterocycles. The summed E-state index contributed by atoms with van der Waals surface area (Å²) in [6, 6.07) is 9.90. The first-order valence-corrected chi connectivity index (χ1v) is 9.06. The summed E-state index contributed by atoms with van der Waals surface area (Å²) in [7, 11) is 0. The molecule has 1 fully saturated rings. The van der Waals surface area contributed by atoms with Gasteiger partial charge in [-0.25, -0.2) is 0 Å². The maximum Gasteiger partial charge on any atom is 0.220 e. The molecule has 24 heavy (non-hydrogen) atoms. The minimum atomic E-state index is 0.175. The van der Waals surface area contributed by atoms with Crippen LogP contribution in [-0.4, -0.2) is 24.0 Å². The standard InChI is InChI=1S/C20H26N2O2/c23-19(12-11-16-6-1-2-7-16)21-14-5-15-24-18-10-3-8-17-9-4-13-22-20(17)18/h3-4,8-10,13,16H,1-2,5-7,11-12,14-15H2,(H,21,23). The molecule has 1 saturated carbocycles. The van der Waals surface area contributed by atoms with Crippen molar-refractivity contribution in [3.8, 4) is 5.75 Å². The molecule has 1 aliphatic carbocycles. The van der Waals surface area contributed by atoms with Gasteiger partial charge >= 0.3 is 0 Å². The highest BCUT2D eigenvalue weighted by Crippen LogP contribution is 2.28. The Morgan fingerprint density at radius 3 is 2.92 bits per heavy atom. The number of pyridine rings is 1. The number of carbonyl (C=O) groups excluding carboxylic acids is 1. The number of para-hydroxylation sites is 1. The first-order valence-electron chi connectivity index (χ1n) is 9.06.